The Morgan fingerprint density at radius 3 is 2.54 bits per heavy atom. The number of Topliss-reactive ketones (excluding diaryl/α,β-unsaturated/α-hetero) is 1. The summed E-state index contributed by atoms with van der Waals surface area (Å²) in [7, 11) is 0. The molecule has 0 aromatic heterocycles. The molecule has 1 atom stereocenters. The molecule has 0 fully saturated rings. The van der Waals surface area contributed by atoms with Crippen LogP contribution in [0.4, 0.5) is 0 Å². The summed E-state index contributed by atoms with van der Waals surface area (Å²) < 4.78 is 0. The van der Waals surface area contributed by atoms with Gasteiger partial charge in [0.2, 0.25) is 0 Å². The van der Waals surface area contributed by atoms with E-state index in [1.165, 1.54) is 19.3 Å². The Kier molecular flexibility index (Phi) is 7.66. The highest BCUT2D eigenvalue weighted by atomic mass is 16.1. The summed E-state index contributed by atoms with van der Waals surface area (Å²) in [6.45, 7) is 7.57. The first kappa shape index (κ1) is 12.4. The number of carbonyl (C=O) groups is 1. The Morgan fingerprint density at radius 1 is 1.38 bits per heavy atom. The van der Waals surface area contributed by atoms with Crippen molar-refractivity contribution in [1.29, 1.82) is 0 Å². The van der Waals surface area contributed by atoms with Crippen molar-refractivity contribution in [3.63, 3.8) is 0 Å². The molecule has 1 nitrogen and oxygen atoms in total. The number of rotatable bonds is 8. The van der Waals surface area contributed by atoms with Gasteiger partial charge in [0.05, 0.1) is 0 Å². The molecule has 1 heteroatoms. The average Bonchev–Trinajstić information content (AvgIpc) is 2.10. The molecule has 0 saturated heterocycles. The maximum atomic E-state index is 11.2. The van der Waals surface area contributed by atoms with Crippen molar-refractivity contribution >= 4 is 5.78 Å². The van der Waals surface area contributed by atoms with Crippen LogP contribution in [0, 0.1) is 5.92 Å². The highest BCUT2D eigenvalue weighted by molar-refractivity contribution is 5.78. The molecular formula is C12H22O. The van der Waals surface area contributed by atoms with Gasteiger partial charge < -0.3 is 0 Å². The predicted molar refractivity (Wildman–Crippen MR) is 57.7 cm³/mol. The normalized spacial score (nSPS) is 12.5. The zero-order valence-electron chi connectivity index (χ0n) is 9.01. The highest BCUT2D eigenvalue weighted by Gasteiger charge is 2.11. The molecule has 0 rings (SSSR count). The van der Waals surface area contributed by atoms with Crippen LogP contribution in [0.5, 0.6) is 0 Å². The molecule has 0 heterocycles. The number of hydrogen-bond acceptors (Lipinski definition) is 1. The molecule has 0 aliphatic carbocycles. The van der Waals surface area contributed by atoms with E-state index in [-0.39, 0.29) is 5.92 Å². The molecule has 13 heavy (non-hydrogen) atoms. The van der Waals surface area contributed by atoms with Crippen molar-refractivity contribution in [1.82, 2.24) is 0 Å². The van der Waals surface area contributed by atoms with Crippen molar-refractivity contribution in [3.05, 3.63) is 12.7 Å². The van der Waals surface area contributed by atoms with Crippen molar-refractivity contribution in [3.8, 4) is 0 Å². The second-order valence-electron chi connectivity index (χ2n) is 3.67. The van der Waals surface area contributed by atoms with Gasteiger partial charge in [0, 0.05) is 5.92 Å². The summed E-state index contributed by atoms with van der Waals surface area (Å²) in [4.78, 5) is 11.2. The van der Waals surface area contributed by atoms with E-state index >= 15 is 0 Å². The first-order chi connectivity index (χ1) is 6.22. The van der Waals surface area contributed by atoms with E-state index < -0.39 is 0 Å². The van der Waals surface area contributed by atoms with E-state index in [9.17, 15) is 4.79 Å². The standard InChI is InChI=1S/C12H22O/c1-4-6-8-10-12(11(3)13)9-7-5-2/h5,12H,2,4,6-10H2,1,3H3. The molecule has 76 valence electrons. The maximum absolute atomic E-state index is 11.2. The topological polar surface area (TPSA) is 17.1 Å². The Bertz CT molecular complexity index is 149. The molecule has 0 amide bonds. The molecule has 0 aromatic rings. The van der Waals surface area contributed by atoms with Crippen molar-refractivity contribution < 1.29 is 4.79 Å². The second kappa shape index (κ2) is 8.03. The fourth-order valence-electron chi connectivity index (χ4n) is 1.51. The van der Waals surface area contributed by atoms with Gasteiger partial charge in [-0.3, -0.25) is 4.79 Å². The third-order valence-corrected chi connectivity index (χ3v) is 2.45. The van der Waals surface area contributed by atoms with E-state index in [0.717, 1.165) is 19.3 Å². The monoisotopic (exact) mass is 182 g/mol. The number of ketones is 1. The van der Waals surface area contributed by atoms with Crippen LogP contribution >= 0.6 is 0 Å². The summed E-state index contributed by atoms with van der Waals surface area (Å²) in [5.41, 5.74) is 0. The first-order valence-corrected chi connectivity index (χ1v) is 5.33. The molecule has 0 N–H and O–H groups in total. The number of carbonyl (C=O) groups excluding carboxylic acids is 1. The Labute approximate surface area is 82.2 Å². The van der Waals surface area contributed by atoms with Gasteiger partial charge in [-0.15, -0.1) is 6.58 Å². The minimum absolute atomic E-state index is 0.282. The van der Waals surface area contributed by atoms with Gasteiger partial charge in [-0.05, 0) is 26.2 Å². The molecule has 0 spiro atoms. The minimum Gasteiger partial charge on any atom is -0.300 e. The zero-order chi connectivity index (χ0) is 10.1. The summed E-state index contributed by atoms with van der Waals surface area (Å²) in [6.07, 6.45) is 8.59. The molecular weight excluding hydrogens is 160 g/mol. The number of hydrogen-bond donors (Lipinski definition) is 0. The van der Waals surface area contributed by atoms with E-state index in [1.54, 1.807) is 6.92 Å². The lowest BCUT2D eigenvalue weighted by atomic mass is 9.93. The van der Waals surface area contributed by atoms with Crippen LogP contribution in [0.2, 0.25) is 0 Å². The minimum atomic E-state index is 0.282. The Hall–Kier alpha value is -0.590. The van der Waals surface area contributed by atoms with E-state index in [4.69, 9.17) is 0 Å². The van der Waals surface area contributed by atoms with Crippen LogP contribution in [0.1, 0.15) is 52.4 Å². The third kappa shape index (κ3) is 6.56. The van der Waals surface area contributed by atoms with E-state index in [2.05, 4.69) is 13.5 Å². The van der Waals surface area contributed by atoms with Crippen LogP contribution in [0.15, 0.2) is 12.7 Å². The van der Waals surface area contributed by atoms with Gasteiger partial charge in [-0.2, -0.15) is 0 Å². The van der Waals surface area contributed by atoms with Gasteiger partial charge in [0.25, 0.3) is 0 Å². The SMILES string of the molecule is C=CCCC(CCCCC)C(C)=O. The highest BCUT2D eigenvalue weighted by Crippen LogP contribution is 2.16. The van der Waals surface area contributed by atoms with Gasteiger partial charge >= 0.3 is 0 Å². The fraction of sp³-hybridized carbons (Fsp3) is 0.750. The van der Waals surface area contributed by atoms with Gasteiger partial charge in [-0.1, -0.05) is 32.3 Å². The average molecular weight is 182 g/mol. The van der Waals surface area contributed by atoms with E-state index in [0.29, 0.717) is 5.78 Å². The predicted octanol–water partition coefficient (Wildman–Crippen LogP) is 3.74. The maximum Gasteiger partial charge on any atom is 0.132 e. The van der Waals surface area contributed by atoms with Crippen LogP contribution in [0.25, 0.3) is 0 Å². The Morgan fingerprint density at radius 2 is 2.08 bits per heavy atom. The summed E-state index contributed by atoms with van der Waals surface area (Å²) in [6, 6.07) is 0. The lowest BCUT2D eigenvalue weighted by molar-refractivity contribution is -0.121. The summed E-state index contributed by atoms with van der Waals surface area (Å²) in [5, 5.41) is 0. The zero-order valence-corrected chi connectivity index (χ0v) is 9.01. The van der Waals surface area contributed by atoms with Crippen LogP contribution in [0.3, 0.4) is 0 Å². The number of unbranched alkanes of at least 4 members (excludes halogenated alkanes) is 2. The van der Waals surface area contributed by atoms with E-state index in [1.807, 2.05) is 6.08 Å². The smallest absolute Gasteiger partial charge is 0.132 e. The van der Waals surface area contributed by atoms with Crippen molar-refractivity contribution in [2.45, 2.75) is 52.4 Å². The fourth-order valence-corrected chi connectivity index (χ4v) is 1.51. The summed E-state index contributed by atoms with van der Waals surface area (Å²) >= 11 is 0. The first-order valence-electron chi connectivity index (χ1n) is 5.33. The molecule has 0 radical (unpaired) electrons. The lowest BCUT2D eigenvalue weighted by Crippen LogP contribution is -2.10. The van der Waals surface area contributed by atoms with Crippen LogP contribution in [-0.4, -0.2) is 5.78 Å². The van der Waals surface area contributed by atoms with Crippen LogP contribution in [-0.2, 0) is 4.79 Å². The molecule has 0 aliphatic heterocycles. The molecule has 0 saturated carbocycles. The van der Waals surface area contributed by atoms with Crippen molar-refractivity contribution in [2.75, 3.05) is 0 Å². The van der Waals surface area contributed by atoms with Gasteiger partial charge in [0.1, 0.15) is 5.78 Å². The Balaban J connectivity index is 3.66. The third-order valence-electron chi connectivity index (χ3n) is 2.45. The van der Waals surface area contributed by atoms with Crippen molar-refractivity contribution in [2.24, 2.45) is 5.92 Å². The lowest BCUT2D eigenvalue weighted by Gasteiger charge is -2.11. The van der Waals surface area contributed by atoms with Gasteiger partial charge in [0.15, 0.2) is 0 Å². The largest absolute Gasteiger partial charge is 0.300 e. The summed E-state index contributed by atoms with van der Waals surface area (Å²) in [5.74, 6) is 0.627. The molecule has 0 aliphatic rings. The second-order valence-corrected chi connectivity index (χ2v) is 3.67. The molecule has 1 unspecified atom stereocenters. The molecule has 0 bridgehead atoms. The van der Waals surface area contributed by atoms with Crippen LogP contribution < -0.4 is 0 Å². The van der Waals surface area contributed by atoms with Gasteiger partial charge in [-0.25, -0.2) is 0 Å². The number of allylic oxidation sites excluding steroid dienone is 1. The molecule has 0 aromatic carbocycles. The quantitative estimate of drug-likeness (QED) is 0.413.